The van der Waals surface area contributed by atoms with Gasteiger partial charge >= 0.3 is 0 Å². The molecular weight excluding hydrogens is 336 g/mol. The van der Waals surface area contributed by atoms with E-state index in [1.807, 2.05) is 0 Å². The van der Waals surface area contributed by atoms with Crippen molar-refractivity contribution >= 4 is 11.1 Å². The SMILES string of the molecule is C1=C\CC/C(c2ccc(-c3ccc(/C4=C/CC/C=C\CC4)cc3)cc2)=C\CC/1. The summed E-state index contributed by atoms with van der Waals surface area (Å²) in [5, 5.41) is 0. The van der Waals surface area contributed by atoms with Crippen molar-refractivity contribution in [2.45, 2.75) is 51.4 Å². The number of benzene rings is 2. The van der Waals surface area contributed by atoms with Gasteiger partial charge in [-0.2, -0.15) is 0 Å². The van der Waals surface area contributed by atoms with Gasteiger partial charge in [-0.25, -0.2) is 0 Å². The van der Waals surface area contributed by atoms with Gasteiger partial charge in [-0.3, -0.25) is 0 Å². The lowest BCUT2D eigenvalue weighted by molar-refractivity contribution is 0.975. The molecule has 2 aliphatic carbocycles. The van der Waals surface area contributed by atoms with E-state index in [2.05, 4.69) is 85.0 Å². The van der Waals surface area contributed by atoms with Crippen LogP contribution in [0.3, 0.4) is 0 Å². The molecule has 0 unspecified atom stereocenters. The van der Waals surface area contributed by atoms with Crippen LogP contribution in [0, 0.1) is 0 Å². The van der Waals surface area contributed by atoms with Gasteiger partial charge in [-0.1, -0.05) is 85.0 Å². The van der Waals surface area contributed by atoms with E-state index in [-0.39, 0.29) is 0 Å². The highest BCUT2D eigenvalue weighted by molar-refractivity contribution is 5.73. The maximum Gasteiger partial charge on any atom is -0.0184 e. The third-order valence-electron chi connectivity index (χ3n) is 5.79. The Bertz CT molecular complexity index is 809. The minimum Gasteiger partial charge on any atom is -0.0882 e. The van der Waals surface area contributed by atoms with E-state index < -0.39 is 0 Å². The lowest BCUT2D eigenvalue weighted by Gasteiger charge is -2.12. The predicted molar refractivity (Wildman–Crippen MR) is 123 cm³/mol. The quantitative estimate of drug-likeness (QED) is 0.478. The summed E-state index contributed by atoms with van der Waals surface area (Å²) in [7, 11) is 0. The molecule has 0 amide bonds. The topological polar surface area (TPSA) is 0 Å². The molecule has 0 heteroatoms. The number of allylic oxidation sites excluding steroid dienone is 8. The smallest absolute Gasteiger partial charge is 0.0184 e. The molecule has 0 saturated carbocycles. The standard InChI is InChI=1S/C28H30/c1-3-7-11-23(12-8-4-1)25-15-19-27(20-16-25)28-21-17-26(18-22-28)24-13-9-5-2-6-10-14-24/h1-3,5,12,14-22H,4,6-11,13H2/b3-1-,5-2-,23-12+,24-14+. The van der Waals surface area contributed by atoms with Gasteiger partial charge in [-0.15, -0.1) is 0 Å². The molecule has 0 aliphatic heterocycles. The van der Waals surface area contributed by atoms with Gasteiger partial charge in [0.05, 0.1) is 0 Å². The zero-order valence-electron chi connectivity index (χ0n) is 16.7. The van der Waals surface area contributed by atoms with Crippen LogP contribution in [-0.2, 0) is 0 Å². The van der Waals surface area contributed by atoms with Gasteiger partial charge in [0, 0.05) is 0 Å². The monoisotopic (exact) mass is 366 g/mol. The number of rotatable bonds is 3. The van der Waals surface area contributed by atoms with Crippen LogP contribution in [0.15, 0.2) is 85.0 Å². The van der Waals surface area contributed by atoms with E-state index in [0.717, 1.165) is 38.5 Å². The zero-order valence-corrected chi connectivity index (χ0v) is 16.7. The summed E-state index contributed by atoms with van der Waals surface area (Å²) >= 11 is 0. The minimum atomic E-state index is 1.15. The fourth-order valence-electron chi connectivity index (χ4n) is 4.14. The molecule has 0 bridgehead atoms. The largest absolute Gasteiger partial charge is 0.0882 e. The lowest BCUT2D eigenvalue weighted by atomic mass is 9.93. The van der Waals surface area contributed by atoms with Crippen molar-refractivity contribution in [3.8, 4) is 11.1 Å². The molecule has 0 saturated heterocycles. The van der Waals surface area contributed by atoms with E-state index in [0.29, 0.717) is 0 Å². The van der Waals surface area contributed by atoms with Gasteiger partial charge in [-0.05, 0) is 84.8 Å². The highest BCUT2D eigenvalue weighted by Gasteiger charge is 2.06. The minimum absolute atomic E-state index is 1.15. The third-order valence-corrected chi connectivity index (χ3v) is 5.79. The molecule has 0 fully saturated rings. The Balaban J connectivity index is 1.48. The molecule has 28 heavy (non-hydrogen) atoms. The zero-order chi connectivity index (χ0) is 19.0. The summed E-state index contributed by atoms with van der Waals surface area (Å²) in [5.74, 6) is 0. The molecule has 0 N–H and O–H groups in total. The Labute approximate surface area is 170 Å². The van der Waals surface area contributed by atoms with Crippen molar-refractivity contribution in [1.29, 1.82) is 0 Å². The molecular formula is C28H30. The van der Waals surface area contributed by atoms with Crippen LogP contribution in [0.4, 0.5) is 0 Å². The summed E-state index contributed by atoms with van der Waals surface area (Å²) in [5.41, 5.74) is 8.35. The molecule has 2 aliphatic rings. The van der Waals surface area contributed by atoms with Crippen molar-refractivity contribution in [1.82, 2.24) is 0 Å². The molecule has 0 aromatic heterocycles. The Hall–Kier alpha value is -2.60. The van der Waals surface area contributed by atoms with Crippen molar-refractivity contribution in [3.63, 3.8) is 0 Å². The summed E-state index contributed by atoms with van der Waals surface area (Å²) in [6.45, 7) is 0. The highest BCUT2D eigenvalue weighted by Crippen LogP contribution is 2.29. The predicted octanol–water partition coefficient (Wildman–Crippen LogP) is 8.38. The van der Waals surface area contributed by atoms with Gasteiger partial charge in [0.2, 0.25) is 0 Å². The Kier molecular flexibility index (Phi) is 6.40. The van der Waals surface area contributed by atoms with Gasteiger partial charge in [0.1, 0.15) is 0 Å². The van der Waals surface area contributed by atoms with Gasteiger partial charge in [0.25, 0.3) is 0 Å². The van der Waals surface area contributed by atoms with Crippen molar-refractivity contribution in [2.24, 2.45) is 0 Å². The van der Waals surface area contributed by atoms with Crippen LogP contribution in [0.2, 0.25) is 0 Å². The van der Waals surface area contributed by atoms with Gasteiger partial charge < -0.3 is 0 Å². The molecule has 0 spiro atoms. The Morgan fingerprint density at radius 2 is 0.714 bits per heavy atom. The van der Waals surface area contributed by atoms with Crippen LogP contribution in [0.25, 0.3) is 22.3 Å². The Morgan fingerprint density at radius 1 is 0.357 bits per heavy atom. The second-order valence-corrected chi connectivity index (χ2v) is 7.79. The molecule has 2 aromatic carbocycles. The lowest BCUT2D eigenvalue weighted by Crippen LogP contribution is -1.89. The van der Waals surface area contributed by atoms with Crippen LogP contribution in [0.1, 0.15) is 62.5 Å². The first kappa shape index (κ1) is 18.7. The average Bonchev–Trinajstić information content (AvgIpc) is 2.68. The summed E-state index contributed by atoms with van der Waals surface area (Å²) in [6.07, 6.45) is 23.4. The van der Waals surface area contributed by atoms with Crippen molar-refractivity contribution < 1.29 is 0 Å². The van der Waals surface area contributed by atoms with E-state index in [4.69, 9.17) is 0 Å². The molecule has 142 valence electrons. The summed E-state index contributed by atoms with van der Waals surface area (Å²) in [4.78, 5) is 0. The molecule has 0 atom stereocenters. The fraction of sp³-hybridized carbons (Fsp3) is 0.286. The van der Waals surface area contributed by atoms with Crippen molar-refractivity contribution in [3.05, 3.63) is 96.1 Å². The van der Waals surface area contributed by atoms with Crippen LogP contribution < -0.4 is 0 Å². The maximum absolute atomic E-state index is 2.42. The number of hydrogen-bond acceptors (Lipinski definition) is 0. The molecule has 0 heterocycles. The summed E-state index contributed by atoms with van der Waals surface area (Å²) in [6, 6.07) is 18.3. The second-order valence-electron chi connectivity index (χ2n) is 7.79. The molecule has 2 aromatic rings. The van der Waals surface area contributed by atoms with E-state index in [1.165, 1.54) is 46.2 Å². The van der Waals surface area contributed by atoms with E-state index in [1.54, 1.807) is 0 Å². The van der Waals surface area contributed by atoms with Crippen LogP contribution in [-0.4, -0.2) is 0 Å². The van der Waals surface area contributed by atoms with E-state index in [9.17, 15) is 0 Å². The van der Waals surface area contributed by atoms with Crippen LogP contribution >= 0.6 is 0 Å². The Morgan fingerprint density at radius 3 is 1.14 bits per heavy atom. The fourth-order valence-corrected chi connectivity index (χ4v) is 4.14. The maximum atomic E-state index is 2.42. The normalized spacial score (nSPS) is 23.7. The summed E-state index contributed by atoms with van der Waals surface area (Å²) < 4.78 is 0. The second kappa shape index (κ2) is 9.55. The average molecular weight is 367 g/mol. The van der Waals surface area contributed by atoms with Gasteiger partial charge in [0.15, 0.2) is 0 Å². The number of hydrogen-bond donors (Lipinski definition) is 0. The van der Waals surface area contributed by atoms with E-state index >= 15 is 0 Å². The third kappa shape index (κ3) is 4.81. The first-order valence-corrected chi connectivity index (χ1v) is 10.8. The molecule has 0 nitrogen and oxygen atoms in total. The molecule has 0 radical (unpaired) electrons. The first-order valence-electron chi connectivity index (χ1n) is 10.8. The first-order chi connectivity index (χ1) is 13.9. The highest BCUT2D eigenvalue weighted by atomic mass is 14.1. The van der Waals surface area contributed by atoms with Crippen LogP contribution in [0.5, 0.6) is 0 Å². The van der Waals surface area contributed by atoms with Crippen molar-refractivity contribution in [2.75, 3.05) is 0 Å². The molecule has 4 rings (SSSR count).